The largest absolute Gasteiger partial charge is 0.478 e. The Morgan fingerprint density at radius 2 is 1.91 bits per heavy atom. The van der Waals surface area contributed by atoms with E-state index in [0.717, 1.165) is 12.8 Å². The van der Waals surface area contributed by atoms with Crippen molar-refractivity contribution in [2.24, 2.45) is 0 Å². The van der Waals surface area contributed by atoms with E-state index in [1.807, 2.05) is 20.8 Å². The molecule has 9 heteroatoms. The summed E-state index contributed by atoms with van der Waals surface area (Å²) in [5.41, 5.74) is 0.757. The molecule has 1 aliphatic heterocycles. The van der Waals surface area contributed by atoms with Gasteiger partial charge >= 0.3 is 18.0 Å². The van der Waals surface area contributed by atoms with Gasteiger partial charge in [0.25, 0.3) is 0 Å². The Hall–Kier alpha value is -3.36. The van der Waals surface area contributed by atoms with Gasteiger partial charge in [0, 0.05) is 24.6 Å². The second-order valence-corrected chi connectivity index (χ2v) is 8.71. The monoisotopic (exact) mass is 443 g/mol. The number of nitrogens with one attached hydrogen (secondary N) is 1. The first kappa shape index (κ1) is 23.3. The number of carboxylic acid groups (broad SMARTS) is 1. The van der Waals surface area contributed by atoms with Crippen LogP contribution in [0.3, 0.4) is 0 Å². The summed E-state index contributed by atoms with van der Waals surface area (Å²) in [4.78, 5) is 45.7. The highest BCUT2D eigenvalue weighted by atomic mass is 16.6. The Bertz CT molecular complexity index is 990. The third kappa shape index (κ3) is 5.46. The van der Waals surface area contributed by atoms with E-state index in [1.54, 1.807) is 24.0 Å². The summed E-state index contributed by atoms with van der Waals surface area (Å²) < 4.78 is 10.7. The first-order valence-corrected chi connectivity index (χ1v) is 10.7. The van der Waals surface area contributed by atoms with Gasteiger partial charge in [-0.25, -0.2) is 19.4 Å². The zero-order chi connectivity index (χ0) is 23.5. The number of esters is 1. The predicted molar refractivity (Wildman–Crippen MR) is 117 cm³/mol. The summed E-state index contributed by atoms with van der Waals surface area (Å²) >= 11 is 0. The Labute approximate surface area is 186 Å². The van der Waals surface area contributed by atoms with Crippen LogP contribution in [-0.4, -0.2) is 63.3 Å². The molecule has 32 heavy (non-hydrogen) atoms. The molecule has 1 saturated heterocycles. The van der Waals surface area contributed by atoms with Crippen LogP contribution in [0.5, 0.6) is 0 Å². The van der Waals surface area contributed by atoms with E-state index in [4.69, 9.17) is 14.6 Å². The molecule has 0 bridgehead atoms. The number of amides is 1. The van der Waals surface area contributed by atoms with E-state index in [2.05, 4.69) is 9.97 Å². The van der Waals surface area contributed by atoms with Gasteiger partial charge in [0.15, 0.2) is 5.69 Å². The number of hydrogen-bond acceptors (Lipinski definition) is 6. The number of carboxylic acids is 1. The lowest BCUT2D eigenvalue weighted by Gasteiger charge is -2.33. The van der Waals surface area contributed by atoms with Crippen molar-refractivity contribution in [1.29, 1.82) is 0 Å². The number of ether oxygens (including phenoxy) is 2. The quantitative estimate of drug-likeness (QED) is 0.668. The van der Waals surface area contributed by atoms with E-state index >= 15 is 0 Å². The number of nitrogens with zero attached hydrogens (tertiary/aromatic N) is 2. The molecule has 3 rings (SSSR count). The van der Waals surface area contributed by atoms with Crippen LogP contribution < -0.4 is 0 Å². The van der Waals surface area contributed by atoms with Gasteiger partial charge in [0.1, 0.15) is 17.1 Å². The first-order valence-electron chi connectivity index (χ1n) is 10.7. The molecule has 2 aromatic rings. The number of benzene rings is 1. The zero-order valence-electron chi connectivity index (χ0n) is 18.8. The fraction of sp³-hybridized carbons (Fsp3) is 0.478. The molecule has 172 valence electrons. The summed E-state index contributed by atoms with van der Waals surface area (Å²) in [6.07, 6.45) is 1.21. The number of H-pyrrole nitrogens is 1. The maximum absolute atomic E-state index is 12.6. The van der Waals surface area contributed by atoms with Crippen molar-refractivity contribution in [2.45, 2.75) is 52.1 Å². The maximum Gasteiger partial charge on any atom is 0.410 e. The second kappa shape index (κ2) is 9.42. The Morgan fingerprint density at radius 1 is 1.22 bits per heavy atom. The lowest BCUT2D eigenvalue weighted by Crippen LogP contribution is -2.42. The number of aromatic nitrogens is 2. The molecule has 1 unspecified atom stereocenters. The van der Waals surface area contributed by atoms with Gasteiger partial charge in [0.2, 0.25) is 0 Å². The van der Waals surface area contributed by atoms with Crippen LogP contribution >= 0.6 is 0 Å². The smallest absolute Gasteiger partial charge is 0.410 e. The van der Waals surface area contributed by atoms with E-state index in [0.29, 0.717) is 30.2 Å². The van der Waals surface area contributed by atoms with E-state index < -0.39 is 17.5 Å². The third-order valence-electron chi connectivity index (χ3n) is 5.07. The number of carbonyl (C=O) groups excluding carboxylic acids is 2. The molecule has 1 atom stereocenters. The Balaban J connectivity index is 1.90. The molecule has 1 aromatic carbocycles. The number of piperidine rings is 1. The van der Waals surface area contributed by atoms with Crippen LogP contribution in [0, 0.1) is 0 Å². The van der Waals surface area contributed by atoms with Crippen molar-refractivity contribution in [3.8, 4) is 11.3 Å². The average Bonchev–Trinajstić information content (AvgIpc) is 3.18. The van der Waals surface area contributed by atoms with Crippen LogP contribution in [0.4, 0.5) is 4.79 Å². The fourth-order valence-corrected chi connectivity index (χ4v) is 3.61. The lowest BCUT2D eigenvalue weighted by molar-refractivity contribution is 0.0195. The highest BCUT2D eigenvalue weighted by Crippen LogP contribution is 2.30. The molecule has 1 aromatic heterocycles. The molecule has 0 saturated carbocycles. The van der Waals surface area contributed by atoms with E-state index in [9.17, 15) is 14.4 Å². The summed E-state index contributed by atoms with van der Waals surface area (Å²) in [7, 11) is 0. The van der Waals surface area contributed by atoms with Crippen molar-refractivity contribution >= 4 is 18.0 Å². The molecule has 9 nitrogen and oxygen atoms in total. The third-order valence-corrected chi connectivity index (χ3v) is 5.07. The van der Waals surface area contributed by atoms with Gasteiger partial charge in [-0.15, -0.1) is 0 Å². The van der Waals surface area contributed by atoms with Gasteiger partial charge in [-0.3, -0.25) is 0 Å². The van der Waals surface area contributed by atoms with E-state index in [1.165, 1.54) is 12.1 Å². The van der Waals surface area contributed by atoms with Gasteiger partial charge in [-0.1, -0.05) is 12.1 Å². The van der Waals surface area contributed by atoms with Crippen molar-refractivity contribution in [3.63, 3.8) is 0 Å². The highest BCUT2D eigenvalue weighted by molar-refractivity contribution is 5.95. The minimum atomic E-state index is -1.03. The number of aromatic amines is 1. The molecular formula is C23H29N3O6. The highest BCUT2D eigenvalue weighted by Gasteiger charge is 2.31. The van der Waals surface area contributed by atoms with Crippen molar-refractivity contribution in [2.75, 3.05) is 19.7 Å². The number of rotatable bonds is 5. The predicted octanol–water partition coefficient (Wildman–Crippen LogP) is 4.07. The summed E-state index contributed by atoms with van der Waals surface area (Å²) in [5, 5.41) is 9.14. The number of likely N-dealkylation sites (tertiary alicyclic amines) is 1. The topological polar surface area (TPSA) is 122 Å². The lowest BCUT2D eigenvalue weighted by atomic mass is 9.98. The van der Waals surface area contributed by atoms with Crippen LogP contribution in [0.2, 0.25) is 0 Å². The Kier molecular flexibility index (Phi) is 6.86. The Morgan fingerprint density at radius 3 is 2.50 bits per heavy atom. The van der Waals surface area contributed by atoms with Crippen molar-refractivity contribution < 1.29 is 29.0 Å². The molecule has 2 N–H and O–H groups in total. The SMILES string of the molecule is CCOC(=O)c1[nH]c(C2CCCN(C(=O)OC(C)(C)C)C2)nc1-c1ccc(C(=O)O)cc1. The van der Waals surface area contributed by atoms with Crippen LogP contribution in [-0.2, 0) is 9.47 Å². The minimum Gasteiger partial charge on any atom is -0.478 e. The second-order valence-electron chi connectivity index (χ2n) is 8.71. The average molecular weight is 444 g/mol. The molecule has 0 radical (unpaired) electrons. The summed E-state index contributed by atoms with van der Waals surface area (Å²) in [6, 6.07) is 6.15. The van der Waals surface area contributed by atoms with Gasteiger partial charge in [0.05, 0.1) is 12.2 Å². The standard InChI is InChI=1S/C23H29N3O6/c1-5-31-21(29)18-17(14-8-10-15(11-9-14)20(27)28)24-19(25-18)16-7-6-12-26(13-16)22(30)32-23(2,3)4/h8-11,16H,5-7,12-13H2,1-4H3,(H,24,25)(H,27,28). The molecule has 1 amide bonds. The fourth-order valence-electron chi connectivity index (χ4n) is 3.61. The molecular weight excluding hydrogens is 414 g/mol. The molecule has 0 spiro atoms. The van der Waals surface area contributed by atoms with Gasteiger partial charge in [-0.2, -0.15) is 0 Å². The van der Waals surface area contributed by atoms with Gasteiger partial charge < -0.3 is 24.5 Å². The van der Waals surface area contributed by atoms with Crippen LogP contribution in [0.1, 0.15) is 73.1 Å². The minimum absolute atomic E-state index is 0.100. The summed E-state index contributed by atoms with van der Waals surface area (Å²) in [6.45, 7) is 8.42. The first-order chi connectivity index (χ1) is 15.1. The van der Waals surface area contributed by atoms with E-state index in [-0.39, 0.29) is 29.9 Å². The normalized spacial score (nSPS) is 16.5. The molecule has 1 fully saturated rings. The number of carbonyl (C=O) groups is 3. The number of aromatic carboxylic acids is 1. The summed E-state index contributed by atoms with van der Waals surface area (Å²) in [5.74, 6) is -1.09. The van der Waals surface area contributed by atoms with Crippen LogP contribution in [0.15, 0.2) is 24.3 Å². The zero-order valence-corrected chi connectivity index (χ0v) is 18.8. The van der Waals surface area contributed by atoms with Crippen molar-refractivity contribution in [3.05, 3.63) is 41.3 Å². The van der Waals surface area contributed by atoms with Gasteiger partial charge in [-0.05, 0) is 52.7 Å². The molecule has 2 heterocycles. The number of hydrogen-bond donors (Lipinski definition) is 2. The molecule has 0 aliphatic carbocycles. The molecule has 1 aliphatic rings. The van der Waals surface area contributed by atoms with Crippen LogP contribution in [0.25, 0.3) is 11.3 Å². The van der Waals surface area contributed by atoms with Crippen molar-refractivity contribution in [1.82, 2.24) is 14.9 Å². The maximum atomic E-state index is 12.6. The number of imidazole rings is 1.